The van der Waals surface area contributed by atoms with Gasteiger partial charge in [0.05, 0.1) is 19.1 Å². The number of rotatable bonds is 4. The number of amides is 1. The van der Waals surface area contributed by atoms with Crippen molar-refractivity contribution in [1.29, 1.82) is 0 Å². The highest BCUT2D eigenvalue weighted by Gasteiger charge is 2.23. The molecule has 0 bridgehead atoms. The van der Waals surface area contributed by atoms with Gasteiger partial charge in [-0.25, -0.2) is 4.79 Å². The number of carbonyl (C=O) groups is 2. The Hall–Kier alpha value is -1.30. The molecule has 1 amide bonds. The van der Waals surface area contributed by atoms with Crippen molar-refractivity contribution in [2.24, 2.45) is 0 Å². The summed E-state index contributed by atoms with van der Waals surface area (Å²) in [6.45, 7) is 6.79. The van der Waals surface area contributed by atoms with Gasteiger partial charge in [-0.05, 0) is 33.6 Å². The summed E-state index contributed by atoms with van der Waals surface area (Å²) >= 11 is 0. The maximum atomic E-state index is 11.5. The van der Waals surface area contributed by atoms with Crippen LogP contribution in [0.15, 0.2) is 0 Å². The zero-order valence-electron chi connectivity index (χ0n) is 11.8. The smallest absolute Gasteiger partial charge is 0.407 e. The first-order valence-corrected chi connectivity index (χ1v) is 6.59. The molecule has 19 heavy (non-hydrogen) atoms. The second-order valence-electron chi connectivity index (χ2n) is 5.68. The monoisotopic (exact) mass is 273 g/mol. The maximum absolute atomic E-state index is 11.5. The molecule has 0 aliphatic carbocycles. The summed E-state index contributed by atoms with van der Waals surface area (Å²) in [5.41, 5.74) is -0.468. The molecule has 0 aromatic rings. The summed E-state index contributed by atoms with van der Waals surface area (Å²) < 4.78 is 10.7. The zero-order valence-corrected chi connectivity index (χ0v) is 11.8. The standard InChI is InChI=1S/C13H23NO5/c1-13(2,3)19-11(15)6-9-18-10-4-7-14(8-5-10)12(16)17/h10H,4-9H2,1-3H3,(H,16,17). The summed E-state index contributed by atoms with van der Waals surface area (Å²) in [7, 11) is 0. The molecule has 0 atom stereocenters. The molecule has 1 fully saturated rings. The minimum Gasteiger partial charge on any atom is -0.465 e. The lowest BCUT2D eigenvalue weighted by molar-refractivity contribution is -0.156. The molecular weight excluding hydrogens is 250 g/mol. The first-order chi connectivity index (χ1) is 8.78. The first kappa shape index (κ1) is 15.8. The molecule has 0 unspecified atom stereocenters. The molecule has 1 rings (SSSR count). The van der Waals surface area contributed by atoms with Gasteiger partial charge in [0, 0.05) is 13.1 Å². The highest BCUT2D eigenvalue weighted by molar-refractivity contribution is 5.69. The van der Waals surface area contributed by atoms with Gasteiger partial charge in [-0.1, -0.05) is 0 Å². The Morgan fingerprint density at radius 1 is 1.26 bits per heavy atom. The number of nitrogens with zero attached hydrogens (tertiary/aromatic N) is 1. The molecule has 0 aromatic heterocycles. The van der Waals surface area contributed by atoms with Crippen LogP contribution in [0.1, 0.15) is 40.0 Å². The fourth-order valence-electron chi connectivity index (χ4n) is 1.92. The van der Waals surface area contributed by atoms with Crippen molar-refractivity contribution < 1.29 is 24.2 Å². The van der Waals surface area contributed by atoms with Crippen molar-refractivity contribution in [3.63, 3.8) is 0 Å². The Labute approximate surface area is 113 Å². The number of hydrogen-bond acceptors (Lipinski definition) is 4. The molecule has 0 radical (unpaired) electrons. The minimum absolute atomic E-state index is 0.0398. The van der Waals surface area contributed by atoms with Gasteiger partial charge in [0.2, 0.25) is 0 Å². The summed E-state index contributed by atoms with van der Waals surface area (Å²) in [6.07, 6.45) is 0.753. The first-order valence-electron chi connectivity index (χ1n) is 6.59. The molecule has 1 aliphatic heterocycles. The van der Waals surface area contributed by atoms with Gasteiger partial charge in [0.25, 0.3) is 0 Å². The Morgan fingerprint density at radius 2 is 1.84 bits per heavy atom. The zero-order chi connectivity index (χ0) is 14.5. The van der Waals surface area contributed by atoms with E-state index in [0.29, 0.717) is 32.5 Å². The van der Waals surface area contributed by atoms with Gasteiger partial charge in [0.1, 0.15) is 5.60 Å². The van der Waals surface area contributed by atoms with Gasteiger partial charge in [0.15, 0.2) is 0 Å². The molecular formula is C13H23NO5. The van der Waals surface area contributed by atoms with Crippen molar-refractivity contribution in [3.05, 3.63) is 0 Å². The molecule has 6 heteroatoms. The molecule has 6 nitrogen and oxygen atoms in total. The van der Waals surface area contributed by atoms with Gasteiger partial charge in [-0.15, -0.1) is 0 Å². The van der Waals surface area contributed by atoms with Crippen LogP contribution in [0.4, 0.5) is 4.79 Å². The molecule has 1 aliphatic rings. The van der Waals surface area contributed by atoms with E-state index in [1.54, 1.807) is 0 Å². The highest BCUT2D eigenvalue weighted by Crippen LogP contribution is 2.14. The summed E-state index contributed by atoms with van der Waals surface area (Å²) in [6, 6.07) is 0. The number of likely N-dealkylation sites (tertiary alicyclic amines) is 1. The second-order valence-corrected chi connectivity index (χ2v) is 5.68. The molecule has 0 aromatic carbocycles. The predicted octanol–water partition coefficient (Wildman–Crippen LogP) is 1.88. The van der Waals surface area contributed by atoms with Crippen molar-refractivity contribution in [1.82, 2.24) is 4.90 Å². The Balaban J connectivity index is 2.14. The van der Waals surface area contributed by atoms with Crippen LogP contribution in [0.25, 0.3) is 0 Å². The van der Waals surface area contributed by atoms with Crippen LogP contribution in [0.3, 0.4) is 0 Å². The van der Waals surface area contributed by atoms with E-state index in [1.807, 2.05) is 20.8 Å². The van der Waals surface area contributed by atoms with Crippen LogP contribution < -0.4 is 0 Å². The number of ether oxygens (including phenoxy) is 2. The van der Waals surface area contributed by atoms with E-state index < -0.39 is 11.7 Å². The average molecular weight is 273 g/mol. The number of carbonyl (C=O) groups excluding carboxylic acids is 1. The number of piperidine rings is 1. The van der Waals surface area contributed by atoms with Crippen molar-refractivity contribution >= 4 is 12.1 Å². The van der Waals surface area contributed by atoms with Gasteiger partial charge in [-0.3, -0.25) is 4.79 Å². The van der Waals surface area contributed by atoms with Crippen LogP contribution in [-0.2, 0) is 14.3 Å². The number of carboxylic acid groups (broad SMARTS) is 1. The molecule has 110 valence electrons. The van der Waals surface area contributed by atoms with Crippen molar-refractivity contribution in [3.8, 4) is 0 Å². The van der Waals surface area contributed by atoms with Crippen LogP contribution in [0.5, 0.6) is 0 Å². The number of hydrogen-bond donors (Lipinski definition) is 1. The number of esters is 1. The van der Waals surface area contributed by atoms with Crippen LogP contribution in [0, 0.1) is 0 Å². The fraction of sp³-hybridized carbons (Fsp3) is 0.846. The van der Waals surface area contributed by atoms with Crippen molar-refractivity contribution in [2.45, 2.75) is 51.7 Å². The van der Waals surface area contributed by atoms with E-state index in [4.69, 9.17) is 14.6 Å². The van der Waals surface area contributed by atoms with Crippen LogP contribution >= 0.6 is 0 Å². The van der Waals surface area contributed by atoms with E-state index in [-0.39, 0.29) is 18.5 Å². The minimum atomic E-state index is -0.882. The summed E-state index contributed by atoms with van der Waals surface area (Å²) in [5, 5.41) is 8.81. The lowest BCUT2D eigenvalue weighted by Gasteiger charge is -2.29. The molecule has 0 saturated carbocycles. The van der Waals surface area contributed by atoms with Gasteiger partial charge in [-0.2, -0.15) is 0 Å². The fourth-order valence-corrected chi connectivity index (χ4v) is 1.92. The lowest BCUT2D eigenvalue weighted by atomic mass is 10.1. The molecule has 1 N–H and O–H groups in total. The third kappa shape index (κ3) is 6.42. The SMILES string of the molecule is CC(C)(C)OC(=O)CCOC1CCN(C(=O)O)CC1. The summed E-state index contributed by atoms with van der Waals surface area (Å²) in [4.78, 5) is 23.6. The molecule has 1 heterocycles. The Bertz CT molecular complexity index is 315. The Morgan fingerprint density at radius 3 is 2.32 bits per heavy atom. The van der Waals surface area contributed by atoms with E-state index in [2.05, 4.69) is 0 Å². The summed E-state index contributed by atoms with van der Waals surface area (Å²) in [5.74, 6) is -0.268. The molecule has 1 saturated heterocycles. The maximum Gasteiger partial charge on any atom is 0.407 e. The van der Waals surface area contributed by atoms with Crippen LogP contribution in [0.2, 0.25) is 0 Å². The van der Waals surface area contributed by atoms with Gasteiger partial charge >= 0.3 is 12.1 Å². The molecule has 0 spiro atoms. The largest absolute Gasteiger partial charge is 0.465 e. The van der Waals surface area contributed by atoms with Gasteiger partial charge < -0.3 is 19.5 Å². The second kappa shape index (κ2) is 6.75. The normalized spacial score (nSPS) is 17.3. The van der Waals surface area contributed by atoms with E-state index >= 15 is 0 Å². The predicted molar refractivity (Wildman–Crippen MR) is 69.0 cm³/mol. The highest BCUT2D eigenvalue weighted by atomic mass is 16.6. The van der Waals surface area contributed by atoms with E-state index in [0.717, 1.165) is 0 Å². The quantitative estimate of drug-likeness (QED) is 0.791. The third-order valence-corrected chi connectivity index (χ3v) is 2.79. The van der Waals surface area contributed by atoms with Crippen LogP contribution in [-0.4, -0.2) is 53.5 Å². The van der Waals surface area contributed by atoms with Crippen molar-refractivity contribution in [2.75, 3.05) is 19.7 Å². The van der Waals surface area contributed by atoms with E-state index in [1.165, 1.54) is 4.90 Å². The average Bonchev–Trinajstić information content (AvgIpc) is 2.27. The van der Waals surface area contributed by atoms with E-state index in [9.17, 15) is 9.59 Å². The third-order valence-electron chi connectivity index (χ3n) is 2.79. The Kier molecular flexibility index (Phi) is 5.60. The topological polar surface area (TPSA) is 76.1 Å². The lowest BCUT2D eigenvalue weighted by Crippen LogP contribution is -2.40.